The van der Waals surface area contributed by atoms with Crippen LogP contribution in [0.4, 0.5) is 5.69 Å². The maximum atomic E-state index is 13.4. The number of pyridine rings is 1. The van der Waals surface area contributed by atoms with Crippen molar-refractivity contribution in [3.63, 3.8) is 0 Å². The number of amides is 1. The zero-order valence-corrected chi connectivity index (χ0v) is 19.3. The number of aryl methyl sites for hydroxylation is 1. The van der Waals surface area contributed by atoms with E-state index in [2.05, 4.69) is 15.0 Å². The molecule has 3 aromatic heterocycles. The third-order valence-corrected chi connectivity index (χ3v) is 5.61. The van der Waals surface area contributed by atoms with Gasteiger partial charge < -0.3 is 18.6 Å². The van der Waals surface area contributed by atoms with Gasteiger partial charge in [0.25, 0.3) is 11.5 Å². The fourth-order valence-electron chi connectivity index (χ4n) is 4.03. The first-order valence-corrected chi connectivity index (χ1v) is 10.3. The smallest absolute Gasteiger partial charge is 0.319 e. The molecule has 3 aromatic rings. The fourth-order valence-corrected chi connectivity index (χ4v) is 4.28. The number of hydrogen-bond acceptors (Lipinski definition) is 7. The lowest BCUT2D eigenvalue weighted by Crippen LogP contribution is -2.34. The molecule has 1 amide bonds. The number of methoxy groups -OCH3 is 2. The van der Waals surface area contributed by atoms with Gasteiger partial charge in [0.2, 0.25) is 5.88 Å². The Labute approximate surface area is 189 Å². The summed E-state index contributed by atoms with van der Waals surface area (Å²) in [6.45, 7) is 5.83. The molecule has 4 heterocycles. The van der Waals surface area contributed by atoms with Crippen molar-refractivity contribution in [1.29, 1.82) is 0 Å². The van der Waals surface area contributed by atoms with E-state index in [4.69, 9.17) is 21.1 Å². The number of halogens is 1. The Morgan fingerprint density at radius 3 is 2.50 bits per heavy atom. The monoisotopic (exact) mass is 458 g/mol. The number of aromatic nitrogens is 5. The molecule has 0 aromatic carbocycles. The van der Waals surface area contributed by atoms with Gasteiger partial charge in [-0.05, 0) is 26.8 Å². The average Bonchev–Trinajstić information content (AvgIpc) is 3.26. The summed E-state index contributed by atoms with van der Waals surface area (Å²) in [5.41, 5.74) is 1.38. The zero-order chi connectivity index (χ0) is 23.3. The second-order valence-electron chi connectivity index (χ2n) is 7.72. The molecule has 1 aliphatic heterocycles. The number of nitrogens with zero attached hydrogens (tertiary/aromatic N) is 6. The van der Waals surface area contributed by atoms with Crippen LogP contribution in [0.15, 0.2) is 23.3 Å². The summed E-state index contributed by atoms with van der Waals surface area (Å²) in [5, 5.41) is 0.360. The molecule has 4 rings (SSSR count). The van der Waals surface area contributed by atoms with E-state index in [-0.39, 0.29) is 40.8 Å². The van der Waals surface area contributed by atoms with Crippen LogP contribution < -0.4 is 19.9 Å². The Hall–Kier alpha value is -3.40. The van der Waals surface area contributed by atoms with Gasteiger partial charge in [-0.1, -0.05) is 11.6 Å². The van der Waals surface area contributed by atoms with Gasteiger partial charge in [-0.15, -0.1) is 0 Å². The minimum atomic E-state index is -0.447. The average molecular weight is 459 g/mol. The van der Waals surface area contributed by atoms with Crippen LogP contribution in [-0.2, 0) is 7.05 Å². The lowest BCUT2D eigenvalue weighted by molar-refractivity contribution is 0.0988. The van der Waals surface area contributed by atoms with E-state index >= 15 is 0 Å². The van der Waals surface area contributed by atoms with Gasteiger partial charge in [-0.3, -0.25) is 14.5 Å². The summed E-state index contributed by atoms with van der Waals surface area (Å²) in [7, 11) is 4.55. The van der Waals surface area contributed by atoms with Crippen LogP contribution in [0.5, 0.6) is 11.9 Å². The maximum Gasteiger partial charge on any atom is 0.319 e. The quantitative estimate of drug-likeness (QED) is 0.578. The Kier molecular flexibility index (Phi) is 5.41. The molecule has 0 unspecified atom stereocenters. The molecule has 1 atom stereocenters. The van der Waals surface area contributed by atoms with Crippen LogP contribution in [0.1, 0.15) is 49.0 Å². The number of fused-ring (bicyclic) bond motifs is 1. The van der Waals surface area contributed by atoms with E-state index in [1.165, 1.54) is 35.9 Å². The molecule has 0 N–H and O–H groups in total. The van der Waals surface area contributed by atoms with E-state index in [0.29, 0.717) is 22.1 Å². The van der Waals surface area contributed by atoms with E-state index in [1.807, 2.05) is 25.3 Å². The van der Waals surface area contributed by atoms with Crippen LogP contribution in [-0.4, -0.2) is 44.2 Å². The Morgan fingerprint density at radius 1 is 1.16 bits per heavy atom. The van der Waals surface area contributed by atoms with Crippen molar-refractivity contribution in [3.05, 3.63) is 45.2 Å². The Bertz CT molecular complexity index is 1280. The van der Waals surface area contributed by atoms with Gasteiger partial charge in [0.15, 0.2) is 5.69 Å². The standard InChI is InChI=1S/C21H23ClN6O4/c1-10(2)27-16-11(3)28(14-7-12(22)9-26(4)19(14)29)20(30)15(16)24-17(27)13-8-23-21(32-6)25-18(13)31-5/h7-11H,1-6H3/t11-/m0/s1. The van der Waals surface area contributed by atoms with Crippen molar-refractivity contribution in [2.75, 3.05) is 19.1 Å². The molecule has 0 bridgehead atoms. The molecule has 10 nitrogen and oxygen atoms in total. The van der Waals surface area contributed by atoms with Crippen molar-refractivity contribution in [1.82, 2.24) is 24.1 Å². The van der Waals surface area contributed by atoms with Crippen molar-refractivity contribution < 1.29 is 14.3 Å². The van der Waals surface area contributed by atoms with Gasteiger partial charge in [-0.25, -0.2) is 9.97 Å². The van der Waals surface area contributed by atoms with Gasteiger partial charge in [-0.2, -0.15) is 4.98 Å². The summed E-state index contributed by atoms with van der Waals surface area (Å²) in [4.78, 5) is 40.7. The third kappa shape index (κ3) is 3.22. The van der Waals surface area contributed by atoms with E-state index in [0.717, 1.165) is 0 Å². The van der Waals surface area contributed by atoms with Crippen LogP contribution >= 0.6 is 11.6 Å². The van der Waals surface area contributed by atoms with Gasteiger partial charge in [0.1, 0.15) is 11.5 Å². The number of imidazole rings is 1. The highest BCUT2D eigenvalue weighted by Crippen LogP contribution is 2.41. The second-order valence-corrected chi connectivity index (χ2v) is 8.16. The Balaban J connectivity index is 1.90. The van der Waals surface area contributed by atoms with Gasteiger partial charge >= 0.3 is 6.01 Å². The molecule has 0 radical (unpaired) electrons. The van der Waals surface area contributed by atoms with E-state index in [9.17, 15) is 9.59 Å². The predicted octanol–water partition coefficient (Wildman–Crippen LogP) is 3.01. The number of hydrogen-bond donors (Lipinski definition) is 0. The van der Waals surface area contributed by atoms with Crippen molar-refractivity contribution in [2.45, 2.75) is 32.9 Å². The summed E-state index contributed by atoms with van der Waals surface area (Å²) in [5.74, 6) is 0.410. The van der Waals surface area contributed by atoms with Gasteiger partial charge in [0, 0.05) is 25.5 Å². The highest BCUT2D eigenvalue weighted by atomic mass is 35.5. The second kappa shape index (κ2) is 7.94. The molecule has 32 heavy (non-hydrogen) atoms. The van der Waals surface area contributed by atoms with E-state index < -0.39 is 6.04 Å². The van der Waals surface area contributed by atoms with Crippen LogP contribution in [0.2, 0.25) is 5.02 Å². The maximum absolute atomic E-state index is 13.4. The molecule has 11 heteroatoms. The first-order valence-electron chi connectivity index (χ1n) is 9.96. The molecule has 0 aliphatic carbocycles. The van der Waals surface area contributed by atoms with Crippen LogP contribution in [0.3, 0.4) is 0 Å². The lowest BCUT2D eigenvalue weighted by Gasteiger charge is -2.25. The highest BCUT2D eigenvalue weighted by Gasteiger charge is 2.43. The topological polar surface area (TPSA) is 104 Å². The molecule has 0 saturated carbocycles. The summed E-state index contributed by atoms with van der Waals surface area (Å²) in [6, 6.07) is 1.17. The third-order valence-electron chi connectivity index (χ3n) is 5.41. The van der Waals surface area contributed by atoms with Crippen LogP contribution in [0.25, 0.3) is 11.4 Å². The molecule has 0 saturated heterocycles. The molecular weight excluding hydrogens is 436 g/mol. The molecule has 1 aliphatic rings. The number of carbonyl (C=O) groups is 1. The minimum Gasteiger partial charge on any atom is -0.480 e. The number of ether oxygens (including phenoxy) is 2. The van der Waals surface area contributed by atoms with Crippen molar-refractivity contribution in [2.24, 2.45) is 7.05 Å². The number of rotatable bonds is 5. The van der Waals surface area contributed by atoms with Crippen LogP contribution in [0, 0.1) is 0 Å². The summed E-state index contributed by atoms with van der Waals surface area (Å²) >= 11 is 6.17. The number of carbonyl (C=O) groups excluding carboxylic acids is 1. The largest absolute Gasteiger partial charge is 0.480 e. The lowest BCUT2D eigenvalue weighted by atomic mass is 10.2. The van der Waals surface area contributed by atoms with Crippen molar-refractivity contribution in [3.8, 4) is 23.3 Å². The highest BCUT2D eigenvalue weighted by molar-refractivity contribution is 6.30. The molecule has 0 fully saturated rings. The Morgan fingerprint density at radius 2 is 1.88 bits per heavy atom. The molecular formula is C21H23ClN6O4. The predicted molar refractivity (Wildman–Crippen MR) is 119 cm³/mol. The first kappa shape index (κ1) is 21.8. The normalized spacial score (nSPS) is 15.4. The number of anilines is 1. The molecule has 168 valence electrons. The minimum absolute atomic E-state index is 0.0505. The fraction of sp³-hybridized carbons (Fsp3) is 0.381. The van der Waals surface area contributed by atoms with Gasteiger partial charge in [0.05, 0.1) is 36.5 Å². The molecule has 0 spiro atoms. The summed E-state index contributed by atoms with van der Waals surface area (Å²) in [6.07, 6.45) is 3.06. The summed E-state index contributed by atoms with van der Waals surface area (Å²) < 4.78 is 13.8. The first-order chi connectivity index (χ1) is 15.2. The van der Waals surface area contributed by atoms with E-state index in [1.54, 1.807) is 13.2 Å². The zero-order valence-electron chi connectivity index (χ0n) is 18.6. The SMILES string of the molecule is COc1ncc(-c2nc3c(n2C(C)C)[C@H](C)N(c2cc(Cl)cn(C)c2=O)C3=O)c(OC)n1. The van der Waals surface area contributed by atoms with Crippen molar-refractivity contribution >= 4 is 23.2 Å².